The average Bonchev–Trinajstić information content (AvgIpc) is 3.32. The van der Waals surface area contributed by atoms with Gasteiger partial charge in [0.05, 0.1) is 36.0 Å². The molecule has 0 saturated carbocycles. The lowest BCUT2D eigenvalue weighted by Gasteiger charge is -2.30. The van der Waals surface area contributed by atoms with Crippen LogP contribution in [0.5, 0.6) is 5.88 Å². The highest BCUT2D eigenvalue weighted by atomic mass is 19.1. The zero-order chi connectivity index (χ0) is 28.3. The number of aromatic carboxylic acids is 1. The molecule has 0 radical (unpaired) electrons. The third-order valence-corrected chi connectivity index (χ3v) is 7.36. The van der Waals surface area contributed by atoms with Crippen LogP contribution < -0.4 is 9.64 Å². The Morgan fingerprint density at radius 3 is 2.71 bits per heavy atom. The van der Waals surface area contributed by atoms with Gasteiger partial charge in [0.25, 0.3) is 0 Å². The van der Waals surface area contributed by atoms with Crippen molar-refractivity contribution < 1.29 is 23.8 Å². The number of halogens is 1. The highest BCUT2D eigenvalue weighted by Crippen LogP contribution is 2.29. The third kappa shape index (κ3) is 5.60. The number of carboxylic acid groups (broad SMARTS) is 1. The molecule has 0 bridgehead atoms. The summed E-state index contributed by atoms with van der Waals surface area (Å²) in [6.07, 6.45) is 5.88. The summed E-state index contributed by atoms with van der Waals surface area (Å²) in [6, 6.07) is 12.0. The van der Waals surface area contributed by atoms with E-state index in [4.69, 9.17) is 16.0 Å². The number of fused-ring (bicyclic) bond motifs is 1. The Morgan fingerprint density at radius 1 is 1.20 bits per heavy atom. The summed E-state index contributed by atoms with van der Waals surface area (Å²) in [5, 5.41) is 9.42. The van der Waals surface area contributed by atoms with Crippen LogP contribution in [0.4, 0.5) is 15.9 Å². The second kappa shape index (κ2) is 11.3. The number of benzene rings is 1. The molecule has 1 aromatic carbocycles. The van der Waals surface area contributed by atoms with Crippen LogP contribution in [-0.4, -0.2) is 56.4 Å². The molecule has 5 heterocycles. The smallest absolute Gasteiger partial charge is 0.338 e. The number of hydrogen-bond donors (Lipinski definition) is 1. The Labute approximate surface area is 235 Å². The predicted molar refractivity (Wildman–Crippen MR) is 149 cm³/mol. The third-order valence-electron chi connectivity index (χ3n) is 7.36. The van der Waals surface area contributed by atoms with Crippen LogP contribution in [0.1, 0.15) is 41.1 Å². The molecule has 0 spiro atoms. The first-order valence-electron chi connectivity index (χ1n) is 13.4. The van der Waals surface area contributed by atoms with Crippen LogP contribution in [0.25, 0.3) is 22.0 Å². The highest BCUT2D eigenvalue weighted by Gasteiger charge is 2.25. The molecule has 0 unspecified atom stereocenters. The van der Waals surface area contributed by atoms with Crippen LogP contribution in [0.3, 0.4) is 0 Å². The maximum atomic E-state index is 15.3. The number of nitrogens with zero attached hydrogens (tertiary/aromatic N) is 6. The second-order valence-electron chi connectivity index (χ2n) is 9.99. The molecule has 11 heteroatoms. The minimum absolute atomic E-state index is 0.0475. The van der Waals surface area contributed by atoms with Gasteiger partial charge in [-0.1, -0.05) is 17.7 Å². The second-order valence-corrected chi connectivity index (χ2v) is 9.99. The van der Waals surface area contributed by atoms with E-state index < -0.39 is 11.8 Å². The van der Waals surface area contributed by atoms with Crippen molar-refractivity contribution in [3.8, 4) is 5.88 Å². The first-order valence-corrected chi connectivity index (χ1v) is 13.4. The van der Waals surface area contributed by atoms with E-state index in [1.165, 1.54) is 17.8 Å². The number of anilines is 1. The van der Waals surface area contributed by atoms with E-state index in [-0.39, 0.29) is 23.8 Å². The van der Waals surface area contributed by atoms with Crippen molar-refractivity contribution in [2.75, 3.05) is 24.6 Å². The Morgan fingerprint density at radius 2 is 2.02 bits per heavy atom. The van der Waals surface area contributed by atoms with Gasteiger partial charge in [0.2, 0.25) is 11.6 Å². The minimum Gasteiger partial charge on any atom is -0.478 e. The fraction of sp³-hybridized carbons (Fsp3) is 0.300. The monoisotopic (exact) mass is 554 g/mol. The number of carbonyl (C=O) groups is 1. The molecule has 6 rings (SSSR count). The highest BCUT2D eigenvalue weighted by molar-refractivity contribution is 5.93. The van der Waals surface area contributed by atoms with Crippen molar-refractivity contribution in [3.05, 3.63) is 88.6 Å². The number of pyridine rings is 2. The summed E-state index contributed by atoms with van der Waals surface area (Å²) in [4.78, 5) is 30.6. The van der Waals surface area contributed by atoms with E-state index in [0.717, 1.165) is 38.2 Å². The van der Waals surface area contributed by atoms with Crippen LogP contribution in [0, 0.1) is 12.4 Å². The van der Waals surface area contributed by atoms with Gasteiger partial charge in [0.1, 0.15) is 23.8 Å². The van der Waals surface area contributed by atoms with E-state index in [1.807, 2.05) is 18.2 Å². The summed E-state index contributed by atoms with van der Waals surface area (Å²) in [5.41, 5.74) is 2.63. The Kier molecular flexibility index (Phi) is 7.31. The van der Waals surface area contributed by atoms with Crippen LogP contribution in [-0.2, 0) is 17.9 Å². The first kappa shape index (κ1) is 26.4. The molecule has 4 aromatic rings. The topological polar surface area (TPSA) is 107 Å². The number of ether oxygens (including phenoxy) is 2. The summed E-state index contributed by atoms with van der Waals surface area (Å²) in [6.45, 7) is 9.85. The van der Waals surface area contributed by atoms with Crippen molar-refractivity contribution in [2.45, 2.75) is 38.5 Å². The Balaban J connectivity index is 1.16. The predicted octanol–water partition coefficient (Wildman–Crippen LogP) is 5.27. The van der Waals surface area contributed by atoms with Gasteiger partial charge >= 0.3 is 5.97 Å². The average molecular weight is 555 g/mol. The van der Waals surface area contributed by atoms with E-state index in [1.54, 1.807) is 28.8 Å². The molecule has 3 aromatic heterocycles. The maximum absolute atomic E-state index is 15.3. The van der Waals surface area contributed by atoms with Crippen molar-refractivity contribution in [2.24, 2.45) is 0 Å². The number of imidazole rings is 1. The van der Waals surface area contributed by atoms with Gasteiger partial charge in [-0.15, -0.1) is 0 Å². The fourth-order valence-electron chi connectivity index (χ4n) is 5.02. The molecule has 1 N–H and O–H groups in total. The molecule has 10 nitrogen and oxygen atoms in total. The largest absolute Gasteiger partial charge is 0.478 e. The molecular formula is C30H27FN6O4. The summed E-state index contributed by atoms with van der Waals surface area (Å²) in [5.74, 6) is -0.165. The van der Waals surface area contributed by atoms with E-state index in [0.29, 0.717) is 41.8 Å². The van der Waals surface area contributed by atoms with Crippen molar-refractivity contribution >= 4 is 34.6 Å². The molecule has 2 saturated heterocycles. The minimum atomic E-state index is -1.31. The van der Waals surface area contributed by atoms with E-state index in [9.17, 15) is 9.90 Å². The van der Waals surface area contributed by atoms with Crippen LogP contribution in [0.2, 0.25) is 0 Å². The molecule has 41 heavy (non-hydrogen) atoms. The van der Waals surface area contributed by atoms with Crippen LogP contribution >= 0.6 is 0 Å². The van der Waals surface area contributed by atoms with Gasteiger partial charge < -0.3 is 24.0 Å². The van der Waals surface area contributed by atoms with Crippen molar-refractivity contribution in [1.82, 2.24) is 19.5 Å². The number of carboxylic acids is 1. The SMILES string of the molecule is [C-]#[N+]c1ccc(COc2cccc(N3CCC(=Cc4nc5ccc(C(=O)O)c(F)c5n4C[C@@H]4CCO4)CC3)n2)nc1. The molecule has 2 fully saturated rings. The number of piperidine rings is 1. The Bertz CT molecular complexity index is 1660. The van der Waals surface area contributed by atoms with Gasteiger partial charge in [-0.3, -0.25) is 4.98 Å². The lowest BCUT2D eigenvalue weighted by Crippen LogP contribution is -2.32. The molecule has 2 aliphatic heterocycles. The van der Waals surface area contributed by atoms with Gasteiger partial charge in [0, 0.05) is 32.0 Å². The van der Waals surface area contributed by atoms with Gasteiger partial charge in [-0.05, 0) is 49.6 Å². The first-order chi connectivity index (χ1) is 20.0. The van der Waals surface area contributed by atoms with Crippen LogP contribution in [0.15, 0.2) is 54.2 Å². The molecule has 0 aliphatic carbocycles. The van der Waals surface area contributed by atoms with Crippen molar-refractivity contribution in [1.29, 1.82) is 0 Å². The molecule has 1 atom stereocenters. The number of hydrogen-bond acceptors (Lipinski definition) is 7. The molecule has 2 aliphatic rings. The number of aromatic nitrogens is 4. The fourth-order valence-corrected chi connectivity index (χ4v) is 5.02. The lowest BCUT2D eigenvalue weighted by atomic mass is 10.0. The van der Waals surface area contributed by atoms with E-state index >= 15 is 4.39 Å². The zero-order valence-corrected chi connectivity index (χ0v) is 22.2. The van der Waals surface area contributed by atoms with Gasteiger partial charge in [0.15, 0.2) is 5.82 Å². The number of rotatable bonds is 8. The summed E-state index contributed by atoms with van der Waals surface area (Å²) >= 11 is 0. The summed E-state index contributed by atoms with van der Waals surface area (Å²) in [7, 11) is 0. The van der Waals surface area contributed by atoms with E-state index in [2.05, 4.69) is 24.7 Å². The zero-order valence-electron chi connectivity index (χ0n) is 22.2. The lowest BCUT2D eigenvalue weighted by molar-refractivity contribution is -0.0588. The summed E-state index contributed by atoms with van der Waals surface area (Å²) < 4.78 is 28.4. The molecule has 0 amide bonds. The quantitative estimate of drug-likeness (QED) is 0.294. The van der Waals surface area contributed by atoms with Gasteiger partial charge in [-0.2, -0.15) is 4.98 Å². The molecule has 208 valence electrons. The normalized spacial score (nSPS) is 16.7. The maximum Gasteiger partial charge on any atom is 0.338 e. The standard InChI is InChI=1S/C30H27FN6O4/c1-32-20-5-6-21(33-16-20)18-41-27-4-2-3-25(35-27)36-12-9-19(10-13-36)15-26-34-24-8-7-23(30(38)39)28(31)29(24)37(26)17-22-11-14-40-22/h2-8,15-16,22H,9-14,17-18H2,(H,38,39)/t22-/m0/s1. The van der Waals surface area contributed by atoms with Crippen molar-refractivity contribution in [3.63, 3.8) is 0 Å². The Hall–Kier alpha value is -4.82. The molecular weight excluding hydrogens is 527 g/mol. The van der Waals surface area contributed by atoms with Gasteiger partial charge in [-0.25, -0.2) is 19.0 Å².